The number of aromatic carboxylic acids is 1. The number of aryl methyl sites for hydroxylation is 2. The van der Waals surface area contributed by atoms with Crippen molar-refractivity contribution >= 4 is 11.8 Å². The smallest absolute Gasteiger partial charge is 0.335 e. The largest absolute Gasteiger partial charge is 0.486 e. The van der Waals surface area contributed by atoms with Gasteiger partial charge in [-0.15, -0.1) is 0 Å². The Balaban J connectivity index is 2.01. The number of ketones is 1. The average molecular weight is 397 g/mol. The van der Waals surface area contributed by atoms with Crippen LogP contribution < -0.4 is 4.74 Å². The molecular weight excluding hydrogens is 364 g/mol. The first kappa shape index (κ1) is 22.7. The Bertz CT molecular complexity index is 844. The molecule has 0 aliphatic heterocycles. The van der Waals surface area contributed by atoms with E-state index in [-0.39, 0.29) is 12.4 Å². The summed E-state index contributed by atoms with van der Waals surface area (Å²) in [7, 11) is 0. The lowest BCUT2D eigenvalue weighted by Crippen LogP contribution is -2.26. The molecule has 0 saturated heterocycles. The lowest BCUT2D eigenvalue weighted by atomic mass is 9.89. The van der Waals surface area contributed by atoms with E-state index in [1.165, 1.54) is 5.56 Å². The maximum absolute atomic E-state index is 12.1. The first-order valence-electron chi connectivity index (χ1n) is 10.2. The highest BCUT2D eigenvalue weighted by Gasteiger charge is 2.22. The van der Waals surface area contributed by atoms with Crippen LogP contribution in [0.15, 0.2) is 42.5 Å². The number of carboxylic acid groups (broad SMARTS) is 1. The van der Waals surface area contributed by atoms with Crippen molar-refractivity contribution < 1.29 is 19.4 Å². The first-order chi connectivity index (χ1) is 13.6. The van der Waals surface area contributed by atoms with E-state index in [4.69, 9.17) is 9.84 Å². The molecule has 1 N–H and O–H groups in total. The molecule has 0 spiro atoms. The van der Waals surface area contributed by atoms with Crippen LogP contribution in [0.2, 0.25) is 0 Å². The van der Waals surface area contributed by atoms with Crippen molar-refractivity contribution in [3.05, 3.63) is 64.7 Å². The topological polar surface area (TPSA) is 63.6 Å². The van der Waals surface area contributed by atoms with Gasteiger partial charge in [0.25, 0.3) is 0 Å². The van der Waals surface area contributed by atoms with Crippen LogP contribution in [0.1, 0.15) is 73.5 Å². The summed E-state index contributed by atoms with van der Waals surface area (Å²) in [6.07, 6.45) is 2.91. The molecule has 2 aromatic rings. The molecule has 0 bridgehead atoms. The van der Waals surface area contributed by atoms with Crippen LogP contribution in [-0.4, -0.2) is 23.5 Å². The van der Waals surface area contributed by atoms with Gasteiger partial charge in [0.1, 0.15) is 12.4 Å². The standard InChI is InChI=1S/C25H32O4/c1-6-19(10-7-18-8-11-20(12-9-18)24(27)28)21-13-14-22(17(2)15-21)29-16-23(26)25(3,4)5/h8-9,11-15,19H,6-7,10,16H2,1-5H3,(H,27,28). The highest BCUT2D eigenvalue weighted by molar-refractivity contribution is 5.87. The minimum absolute atomic E-state index is 0.0846. The lowest BCUT2D eigenvalue weighted by molar-refractivity contribution is -0.128. The molecule has 4 nitrogen and oxygen atoms in total. The summed E-state index contributed by atoms with van der Waals surface area (Å²) in [5, 5.41) is 9.01. The second-order valence-electron chi connectivity index (χ2n) is 8.63. The van der Waals surface area contributed by atoms with E-state index in [0.717, 1.165) is 36.1 Å². The zero-order chi connectivity index (χ0) is 21.6. The van der Waals surface area contributed by atoms with Crippen molar-refractivity contribution in [3.63, 3.8) is 0 Å². The van der Waals surface area contributed by atoms with Gasteiger partial charge in [-0.05, 0) is 67.0 Å². The van der Waals surface area contributed by atoms with Gasteiger partial charge in [0, 0.05) is 5.41 Å². The van der Waals surface area contributed by atoms with Gasteiger partial charge in [-0.1, -0.05) is 52.0 Å². The number of carbonyl (C=O) groups excluding carboxylic acids is 1. The van der Waals surface area contributed by atoms with E-state index < -0.39 is 11.4 Å². The van der Waals surface area contributed by atoms with E-state index in [0.29, 0.717) is 11.5 Å². The Morgan fingerprint density at radius 1 is 1.07 bits per heavy atom. The van der Waals surface area contributed by atoms with E-state index in [1.807, 2.05) is 45.9 Å². The molecule has 0 radical (unpaired) electrons. The monoisotopic (exact) mass is 396 g/mol. The zero-order valence-corrected chi connectivity index (χ0v) is 18.1. The van der Waals surface area contributed by atoms with Crippen LogP contribution in [0.25, 0.3) is 0 Å². The molecule has 1 atom stereocenters. The van der Waals surface area contributed by atoms with Crippen LogP contribution in [-0.2, 0) is 11.2 Å². The molecule has 0 aromatic heterocycles. The number of carbonyl (C=O) groups is 2. The zero-order valence-electron chi connectivity index (χ0n) is 18.1. The minimum atomic E-state index is -0.898. The molecule has 156 valence electrons. The van der Waals surface area contributed by atoms with Gasteiger partial charge in [0.2, 0.25) is 0 Å². The highest BCUT2D eigenvalue weighted by Crippen LogP contribution is 2.29. The van der Waals surface area contributed by atoms with Gasteiger partial charge in [0.05, 0.1) is 5.56 Å². The first-order valence-corrected chi connectivity index (χ1v) is 10.2. The summed E-state index contributed by atoms with van der Waals surface area (Å²) < 4.78 is 5.76. The molecule has 0 saturated carbocycles. The number of rotatable bonds is 9. The van der Waals surface area contributed by atoms with Crippen molar-refractivity contribution in [2.24, 2.45) is 5.41 Å². The highest BCUT2D eigenvalue weighted by atomic mass is 16.5. The number of ether oxygens (including phenoxy) is 1. The number of hydrogen-bond donors (Lipinski definition) is 1. The number of Topliss-reactive ketones (excluding diaryl/α,β-unsaturated/α-hetero) is 1. The summed E-state index contributed by atoms with van der Waals surface area (Å²) in [5.74, 6) is 0.356. The summed E-state index contributed by atoms with van der Waals surface area (Å²) in [5.41, 5.74) is 3.36. The Labute approximate surface area is 173 Å². The van der Waals surface area contributed by atoms with Crippen molar-refractivity contribution in [3.8, 4) is 5.75 Å². The van der Waals surface area contributed by atoms with Crippen LogP contribution >= 0.6 is 0 Å². The summed E-state index contributed by atoms with van der Waals surface area (Å²) in [6, 6.07) is 13.3. The number of carboxylic acids is 1. The SMILES string of the molecule is CCC(CCc1ccc(C(=O)O)cc1)c1ccc(OCC(=O)C(C)(C)C)c(C)c1. The molecule has 0 fully saturated rings. The van der Waals surface area contributed by atoms with Crippen LogP contribution in [0, 0.1) is 12.3 Å². The van der Waals surface area contributed by atoms with E-state index in [9.17, 15) is 9.59 Å². The van der Waals surface area contributed by atoms with Crippen molar-refractivity contribution in [1.82, 2.24) is 0 Å². The number of hydrogen-bond acceptors (Lipinski definition) is 3. The van der Waals surface area contributed by atoms with Gasteiger partial charge < -0.3 is 9.84 Å². The van der Waals surface area contributed by atoms with E-state index in [2.05, 4.69) is 19.1 Å². The van der Waals surface area contributed by atoms with Crippen LogP contribution in [0.4, 0.5) is 0 Å². The Morgan fingerprint density at radius 2 is 1.72 bits per heavy atom. The normalized spacial score (nSPS) is 12.4. The average Bonchev–Trinajstić information content (AvgIpc) is 2.67. The molecule has 0 aliphatic rings. The van der Waals surface area contributed by atoms with Gasteiger partial charge in [0.15, 0.2) is 5.78 Å². The molecule has 1 unspecified atom stereocenters. The molecule has 29 heavy (non-hydrogen) atoms. The summed E-state index contributed by atoms with van der Waals surface area (Å²) in [6.45, 7) is 9.98. The fraction of sp³-hybridized carbons (Fsp3) is 0.440. The van der Waals surface area contributed by atoms with Crippen LogP contribution in [0.3, 0.4) is 0 Å². The van der Waals surface area contributed by atoms with Crippen molar-refractivity contribution in [1.29, 1.82) is 0 Å². The maximum Gasteiger partial charge on any atom is 0.335 e. The second kappa shape index (κ2) is 9.73. The summed E-state index contributed by atoms with van der Waals surface area (Å²) >= 11 is 0. The van der Waals surface area contributed by atoms with Crippen molar-refractivity contribution in [2.45, 2.75) is 59.8 Å². The molecule has 2 rings (SSSR count). The fourth-order valence-electron chi connectivity index (χ4n) is 3.21. The third-order valence-electron chi connectivity index (χ3n) is 5.34. The van der Waals surface area contributed by atoms with Crippen LogP contribution in [0.5, 0.6) is 5.75 Å². The van der Waals surface area contributed by atoms with Gasteiger partial charge in [-0.2, -0.15) is 0 Å². The summed E-state index contributed by atoms with van der Waals surface area (Å²) in [4.78, 5) is 23.1. The van der Waals surface area contributed by atoms with Gasteiger partial charge >= 0.3 is 5.97 Å². The third kappa shape index (κ3) is 6.45. The molecule has 0 amide bonds. The Hall–Kier alpha value is -2.62. The lowest BCUT2D eigenvalue weighted by Gasteiger charge is -2.19. The quantitative estimate of drug-likeness (QED) is 0.580. The predicted octanol–water partition coefficient (Wildman–Crippen LogP) is 5.81. The number of benzene rings is 2. The van der Waals surface area contributed by atoms with Crippen molar-refractivity contribution in [2.75, 3.05) is 6.61 Å². The third-order valence-corrected chi connectivity index (χ3v) is 5.34. The molecule has 2 aromatic carbocycles. The Kier molecular flexibility index (Phi) is 7.60. The fourth-order valence-corrected chi connectivity index (χ4v) is 3.21. The van der Waals surface area contributed by atoms with Gasteiger partial charge in [-0.3, -0.25) is 4.79 Å². The molecule has 4 heteroatoms. The van der Waals surface area contributed by atoms with Gasteiger partial charge in [-0.25, -0.2) is 4.79 Å². The predicted molar refractivity (Wildman–Crippen MR) is 116 cm³/mol. The second-order valence-corrected chi connectivity index (χ2v) is 8.63. The Morgan fingerprint density at radius 3 is 2.24 bits per heavy atom. The molecular formula is C25H32O4. The maximum atomic E-state index is 12.1. The van der Waals surface area contributed by atoms with E-state index in [1.54, 1.807) is 12.1 Å². The van der Waals surface area contributed by atoms with E-state index >= 15 is 0 Å². The molecule has 0 aliphatic carbocycles. The minimum Gasteiger partial charge on any atom is -0.486 e. The molecule has 0 heterocycles.